The van der Waals surface area contributed by atoms with Gasteiger partial charge >= 0.3 is 0 Å². The van der Waals surface area contributed by atoms with E-state index in [0.717, 1.165) is 16.8 Å². The highest BCUT2D eigenvalue weighted by Crippen LogP contribution is 2.49. The second-order valence-electron chi connectivity index (χ2n) is 5.78. The average Bonchev–Trinajstić information content (AvgIpc) is 2.97. The number of rotatable bonds is 0. The SMILES string of the molecule is Cc1cccc2c1NC(=O)C21CC(=O)NC2NNCC21. The van der Waals surface area contributed by atoms with Crippen LogP contribution in [0.1, 0.15) is 17.5 Å². The lowest BCUT2D eigenvalue weighted by Gasteiger charge is -2.40. The summed E-state index contributed by atoms with van der Waals surface area (Å²) < 4.78 is 0. The molecule has 2 fully saturated rings. The second-order valence-corrected chi connectivity index (χ2v) is 5.78. The Labute approximate surface area is 116 Å². The Hall–Kier alpha value is -1.92. The molecule has 6 heteroatoms. The summed E-state index contributed by atoms with van der Waals surface area (Å²) >= 11 is 0. The van der Waals surface area contributed by atoms with Gasteiger partial charge in [0, 0.05) is 24.6 Å². The number of benzene rings is 1. The topological polar surface area (TPSA) is 82.3 Å². The normalized spacial score (nSPS) is 34.6. The van der Waals surface area contributed by atoms with Crippen LogP contribution in [0, 0.1) is 12.8 Å². The van der Waals surface area contributed by atoms with E-state index in [4.69, 9.17) is 0 Å². The van der Waals surface area contributed by atoms with Crippen LogP contribution < -0.4 is 21.5 Å². The van der Waals surface area contributed by atoms with E-state index < -0.39 is 5.41 Å². The molecule has 1 aromatic rings. The first-order chi connectivity index (χ1) is 9.63. The molecule has 3 aliphatic rings. The number of anilines is 1. The van der Waals surface area contributed by atoms with Gasteiger partial charge in [0.25, 0.3) is 0 Å². The number of nitrogens with one attached hydrogen (secondary N) is 4. The number of hydrogen-bond acceptors (Lipinski definition) is 4. The van der Waals surface area contributed by atoms with Crippen LogP contribution in [0.15, 0.2) is 18.2 Å². The quantitative estimate of drug-likeness (QED) is 0.525. The van der Waals surface area contributed by atoms with E-state index >= 15 is 0 Å². The number of hydrazine groups is 1. The van der Waals surface area contributed by atoms with Gasteiger partial charge in [0.1, 0.15) is 0 Å². The molecule has 3 unspecified atom stereocenters. The molecule has 6 nitrogen and oxygen atoms in total. The summed E-state index contributed by atoms with van der Waals surface area (Å²) in [5.74, 6) is -0.132. The molecule has 1 aromatic carbocycles. The molecule has 2 saturated heterocycles. The van der Waals surface area contributed by atoms with Crippen LogP contribution in [-0.2, 0) is 15.0 Å². The standard InChI is InChI=1S/C14H16N4O2/c1-7-3-2-4-8-11(7)17-13(20)14(8)5-10(19)16-12-9(14)6-15-18-12/h2-4,9,12,15,18H,5-6H2,1H3,(H,16,19)(H,17,20). The van der Waals surface area contributed by atoms with Crippen molar-refractivity contribution in [1.82, 2.24) is 16.2 Å². The lowest BCUT2D eigenvalue weighted by molar-refractivity contribution is -0.134. The Bertz CT molecular complexity index is 630. The molecule has 0 saturated carbocycles. The summed E-state index contributed by atoms with van der Waals surface area (Å²) in [6.07, 6.45) is 0.00765. The van der Waals surface area contributed by atoms with Crippen molar-refractivity contribution in [3.63, 3.8) is 0 Å². The first-order valence-corrected chi connectivity index (χ1v) is 6.82. The Balaban J connectivity index is 1.93. The monoisotopic (exact) mass is 272 g/mol. The van der Waals surface area contributed by atoms with Gasteiger partial charge in [-0.05, 0) is 18.1 Å². The zero-order valence-electron chi connectivity index (χ0n) is 11.1. The van der Waals surface area contributed by atoms with E-state index in [2.05, 4.69) is 21.5 Å². The number of para-hydroxylation sites is 1. The molecule has 4 rings (SSSR count). The van der Waals surface area contributed by atoms with Gasteiger partial charge in [0.15, 0.2) is 0 Å². The van der Waals surface area contributed by atoms with Crippen LogP contribution in [0.5, 0.6) is 0 Å². The van der Waals surface area contributed by atoms with E-state index in [9.17, 15) is 9.59 Å². The lowest BCUT2D eigenvalue weighted by Crippen LogP contribution is -2.61. The van der Waals surface area contributed by atoms with Crippen LogP contribution in [0.3, 0.4) is 0 Å². The first kappa shape index (κ1) is 11.9. The maximum atomic E-state index is 12.7. The van der Waals surface area contributed by atoms with Gasteiger partial charge in [0.05, 0.1) is 11.6 Å². The highest BCUT2D eigenvalue weighted by atomic mass is 16.2. The van der Waals surface area contributed by atoms with Crippen LogP contribution in [-0.4, -0.2) is 24.5 Å². The number of carbonyl (C=O) groups excluding carboxylic acids is 2. The highest BCUT2D eigenvalue weighted by molar-refractivity contribution is 6.10. The number of hydrogen-bond donors (Lipinski definition) is 4. The number of fused-ring (bicyclic) bond motifs is 4. The lowest BCUT2D eigenvalue weighted by atomic mass is 9.65. The Kier molecular flexibility index (Phi) is 2.26. The number of piperidine rings is 1. The van der Waals surface area contributed by atoms with Crippen molar-refractivity contribution in [2.75, 3.05) is 11.9 Å². The molecule has 1 spiro atoms. The Morgan fingerprint density at radius 2 is 2.15 bits per heavy atom. The first-order valence-electron chi connectivity index (χ1n) is 6.82. The van der Waals surface area contributed by atoms with Crippen molar-refractivity contribution in [2.24, 2.45) is 5.92 Å². The molecule has 0 aromatic heterocycles. The molecule has 0 bridgehead atoms. The summed E-state index contributed by atoms with van der Waals surface area (Å²) in [6, 6.07) is 5.89. The van der Waals surface area contributed by atoms with Crippen LogP contribution in [0.2, 0.25) is 0 Å². The van der Waals surface area contributed by atoms with E-state index in [1.54, 1.807) is 0 Å². The van der Waals surface area contributed by atoms with Crippen molar-refractivity contribution < 1.29 is 9.59 Å². The number of amides is 2. The number of carbonyl (C=O) groups is 2. The molecule has 3 aliphatic heterocycles. The van der Waals surface area contributed by atoms with Gasteiger partial charge in [-0.2, -0.15) is 0 Å². The van der Waals surface area contributed by atoms with Crippen molar-refractivity contribution in [3.8, 4) is 0 Å². The molecular formula is C14H16N4O2. The fourth-order valence-corrected chi connectivity index (χ4v) is 3.80. The van der Waals surface area contributed by atoms with E-state index in [1.165, 1.54) is 0 Å². The summed E-state index contributed by atoms with van der Waals surface area (Å²) in [5, 5.41) is 5.89. The number of aryl methyl sites for hydroxylation is 1. The smallest absolute Gasteiger partial charge is 0.236 e. The fraction of sp³-hybridized carbons (Fsp3) is 0.429. The predicted molar refractivity (Wildman–Crippen MR) is 72.7 cm³/mol. The Morgan fingerprint density at radius 3 is 3.00 bits per heavy atom. The van der Waals surface area contributed by atoms with Gasteiger partial charge in [-0.1, -0.05) is 18.2 Å². The van der Waals surface area contributed by atoms with Gasteiger partial charge in [-0.15, -0.1) is 0 Å². The third kappa shape index (κ3) is 1.30. The summed E-state index contributed by atoms with van der Waals surface area (Å²) in [5.41, 5.74) is 8.21. The molecule has 20 heavy (non-hydrogen) atoms. The van der Waals surface area contributed by atoms with Gasteiger partial charge < -0.3 is 10.6 Å². The minimum Gasteiger partial charge on any atom is -0.339 e. The maximum absolute atomic E-state index is 12.7. The zero-order chi connectivity index (χ0) is 13.9. The third-order valence-corrected chi connectivity index (χ3v) is 4.77. The third-order valence-electron chi connectivity index (χ3n) is 4.77. The molecule has 3 heterocycles. The minimum atomic E-state index is -0.759. The predicted octanol–water partition coefficient (Wildman–Crippen LogP) is -0.245. The summed E-state index contributed by atoms with van der Waals surface area (Å²) in [7, 11) is 0. The molecule has 104 valence electrons. The molecule has 4 N–H and O–H groups in total. The summed E-state index contributed by atoms with van der Waals surface area (Å²) in [6.45, 7) is 2.63. The van der Waals surface area contributed by atoms with Crippen LogP contribution >= 0.6 is 0 Å². The van der Waals surface area contributed by atoms with Crippen LogP contribution in [0.25, 0.3) is 0 Å². The molecular weight excluding hydrogens is 256 g/mol. The molecule has 0 radical (unpaired) electrons. The fourth-order valence-electron chi connectivity index (χ4n) is 3.80. The van der Waals surface area contributed by atoms with Crippen molar-refractivity contribution in [3.05, 3.63) is 29.3 Å². The van der Waals surface area contributed by atoms with Gasteiger partial charge in [-0.25, -0.2) is 5.43 Å². The highest BCUT2D eigenvalue weighted by Gasteiger charge is 2.59. The second kappa shape index (κ2) is 3.80. The average molecular weight is 272 g/mol. The van der Waals surface area contributed by atoms with Crippen molar-refractivity contribution >= 4 is 17.5 Å². The zero-order valence-corrected chi connectivity index (χ0v) is 11.1. The molecule has 2 amide bonds. The van der Waals surface area contributed by atoms with Gasteiger partial charge in [-0.3, -0.25) is 15.0 Å². The minimum absolute atomic E-state index is 0.0169. The Morgan fingerprint density at radius 1 is 1.30 bits per heavy atom. The van der Waals surface area contributed by atoms with E-state index in [-0.39, 0.29) is 30.3 Å². The maximum Gasteiger partial charge on any atom is 0.236 e. The van der Waals surface area contributed by atoms with Gasteiger partial charge in [0.2, 0.25) is 11.8 Å². The molecule has 3 atom stereocenters. The van der Waals surface area contributed by atoms with Crippen molar-refractivity contribution in [2.45, 2.75) is 24.9 Å². The largest absolute Gasteiger partial charge is 0.339 e. The van der Waals surface area contributed by atoms with E-state index in [0.29, 0.717) is 6.54 Å². The molecule has 0 aliphatic carbocycles. The van der Waals surface area contributed by atoms with Crippen LogP contribution in [0.4, 0.5) is 5.69 Å². The van der Waals surface area contributed by atoms with E-state index in [1.807, 2.05) is 25.1 Å². The van der Waals surface area contributed by atoms with Crippen molar-refractivity contribution in [1.29, 1.82) is 0 Å². The summed E-state index contributed by atoms with van der Waals surface area (Å²) in [4.78, 5) is 24.8.